The summed E-state index contributed by atoms with van der Waals surface area (Å²) in [7, 11) is 1.93. The Balaban J connectivity index is 1.58. The normalized spacial score (nSPS) is 23.2. The maximum absolute atomic E-state index is 13.9. The van der Waals surface area contributed by atoms with E-state index in [9.17, 15) is 9.18 Å². The molecule has 132 valence electrons. The van der Waals surface area contributed by atoms with E-state index >= 15 is 0 Å². The molecule has 24 heavy (non-hydrogen) atoms. The largest absolute Gasteiger partial charge is 0.381 e. The number of rotatable bonds is 4. The molecule has 1 atom stereocenters. The molecule has 0 saturated carbocycles. The van der Waals surface area contributed by atoms with E-state index in [-0.39, 0.29) is 23.7 Å². The van der Waals surface area contributed by atoms with E-state index in [0.717, 1.165) is 44.3 Å². The molecule has 2 saturated heterocycles. The number of ether oxygens (including phenoxy) is 1. The Morgan fingerprint density at radius 1 is 1.29 bits per heavy atom. The minimum Gasteiger partial charge on any atom is -0.381 e. The Morgan fingerprint density at radius 2 is 2.04 bits per heavy atom. The lowest BCUT2D eigenvalue weighted by atomic mass is 9.96. The maximum Gasteiger partial charge on any atom is 0.225 e. The second-order valence-corrected chi connectivity index (χ2v) is 6.96. The fourth-order valence-corrected chi connectivity index (χ4v) is 3.77. The van der Waals surface area contributed by atoms with Crippen molar-refractivity contribution < 1.29 is 13.9 Å². The topological polar surface area (TPSA) is 32.8 Å². The third-order valence-electron chi connectivity index (χ3n) is 5.30. The molecule has 4 nitrogen and oxygen atoms in total. The third-order valence-corrected chi connectivity index (χ3v) is 5.30. The number of benzene rings is 1. The van der Waals surface area contributed by atoms with Gasteiger partial charge in [-0.25, -0.2) is 4.39 Å². The molecule has 2 heterocycles. The van der Waals surface area contributed by atoms with Crippen LogP contribution in [0.1, 0.15) is 31.2 Å². The average Bonchev–Trinajstić information content (AvgIpc) is 2.63. The van der Waals surface area contributed by atoms with E-state index in [2.05, 4.69) is 4.90 Å². The summed E-state index contributed by atoms with van der Waals surface area (Å²) in [6.45, 7) is 3.77. The van der Waals surface area contributed by atoms with Crippen molar-refractivity contribution in [2.24, 2.45) is 5.92 Å². The van der Waals surface area contributed by atoms with E-state index < -0.39 is 0 Å². The van der Waals surface area contributed by atoms with Gasteiger partial charge in [0, 0.05) is 50.9 Å². The van der Waals surface area contributed by atoms with Crippen molar-refractivity contribution in [2.45, 2.75) is 38.3 Å². The molecule has 1 amide bonds. The number of carbonyl (C=O) groups is 1. The fraction of sp³-hybridized carbons (Fsp3) is 0.632. The van der Waals surface area contributed by atoms with Crippen LogP contribution in [-0.2, 0) is 16.1 Å². The summed E-state index contributed by atoms with van der Waals surface area (Å²) < 4.78 is 19.2. The van der Waals surface area contributed by atoms with Crippen LogP contribution in [0.25, 0.3) is 0 Å². The van der Waals surface area contributed by atoms with Crippen molar-refractivity contribution >= 4 is 5.91 Å². The second-order valence-electron chi connectivity index (χ2n) is 6.96. The summed E-state index contributed by atoms with van der Waals surface area (Å²) in [4.78, 5) is 16.9. The lowest BCUT2D eigenvalue weighted by Crippen LogP contribution is -2.50. The number of likely N-dealkylation sites (N-methyl/N-ethyl adjacent to an activating group) is 1. The Bertz CT molecular complexity index is 560. The van der Waals surface area contributed by atoms with Gasteiger partial charge in [0.2, 0.25) is 5.91 Å². The number of likely N-dealkylation sites (tertiary alicyclic amines) is 1. The van der Waals surface area contributed by atoms with Crippen molar-refractivity contribution in [3.63, 3.8) is 0 Å². The van der Waals surface area contributed by atoms with Gasteiger partial charge >= 0.3 is 0 Å². The van der Waals surface area contributed by atoms with Crippen molar-refractivity contribution in [1.29, 1.82) is 0 Å². The standard InChI is InChI=1S/C19H27FN2O2/c1-21(19(23)15-8-11-24-12-9-15)17-6-4-10-22(14-17)13-16-5-2-3-7-18(16)20/h2-3,5,7,15,17H,4,6,8-14H2,1H3/t17-/m0/s1. The molecule has 1 aromatic carbocycles. The van der Waals surface area contributed by atoms with Crippen molar-refractivity contribution in [2.75, 3.05) is 33.4 Å². The Labute approximate surface area is 143 Å². The molecule has 0 unspecified atom stereocenters. The van der Waals surface area contributed by atoms with Gasteiger partial charge in [-0.1, -0.05) is 18.2 Å². The molecule has 0 aliphatic carbocycles. The zero-order valence-electron chi connectivity index (χ0n) is 14.4. The Morgan fingerprint density at radius 3 is 2.79 bits per heavy atom. The van der Waals surface area contributed by atoms with E-state index in [4.69, 9.17) is 4.74 Å². The van der Waals surface area contributed by atoms with Crippen LogP contribution in [0.2, 0.25) is 0 Å². The molecule has 0 aromatic heterocycles. The lowest BCUT2D eigenvalue weighted by molar-refractivity contribution is -0.140. The predicted octanol–water partition coefficient (Wildman–Crippen LogP) is 2.68. The average molecular weight is 334 g/mol. The second kappa shape index (κ2) is 8.08. The molecule has 5 heteroatoms. The highest BCUT2D eigenvalue weighted by atomic mass is 19.1. The number of halogens is 1. The summed E-state index contributed by atoms with van der Waals surface area (Å²) >= 11 is 0. The number of hydrogen-bond acceptors (Lipinski definition) is 3. The zero-order valence-corrected chi connectivity index (χ0v) is 14.4. The first-order valence-corrected chi connectivity index (χ1v) is 8.95. The monoisotopic (exact) mass is 334 g/mol. The lowest BCUT2D eigenvalue weighted by Gasteiger charge is -2.39. The van der Waals surface area contributed by atoms with Gasteiger partial charge in [-0.15, -0.1) is 0 Å². The first kappa shape index (κ1) is 17.4. The number of piperidine rings is 1. The summed E-state index contributed by atoms with van der Waals surface area (Å²) in [6, 6.07) is 7.17. The van der Waals surface area contributed by atoms with Crippen LogP contribution in [0.4, 0.5) is 4.39 Å². The number of nitrogens with zero attached hydrogens (tertiary/aromatic N) is 2. The van der Waals surface area contributed by atoms with E-state index in [1.807, 2.05) is 24.1 Å². The summed E-state index contributed by atoms with van der Waals surface area (Å²) in [5, 5.41) is 0. The molecule has 3 rings (SSSR count). The molecule has 2 fully saturated rings. The van der Waals surface area contributed by atoms with Crippen LogP contribution in [0.5, 0.6) is 0 Å². The Kier molecular flexibility index (Phi) is 5.85. The van der Waals surface area contributed by atoms with Crippen LogP contribution < -0.4 is 0 Å². The molecule has 2 aliphatic rings. The first-order valence-electron chi connectivity index (χ1n) is 8.95. The minimum absolute atomic E-state index is 0.102. The highest BCUT2D eigenvalue weighted by molar-refractivity contribution is 5.79. The molecule has 2 aliphatic heterocycles. The van der Waals surface area contributed by atoms with Gasteiger partial charge in [0.15, 0.2) is 0 Å². The predicted molar refractivity (Wildman–Crippen MR) is 91.0 cm³/mol. The highest BCUT2D eigenvalue weighted by Crippen LogP contribution is 2.23. The van der Waals surface area contributed by atoms with Gasteiger partial charge in [0.1, 0.15) is 5.82 Å². The van der Waals surface area contributed by atoms with E-state index in [1.54, 1.807) is 6.07 Å². The molecular weight excluding hydrogens is 307 g/mol. The molecule has 0 spiro atoms. The minimum atomic E-state index is -0.147. The smallest absolute Gasteiger partial charge is 0.225 e. The highest BCUT2D eigenvalue weighted by Gasteiger charge is 2.31. The number of carbonyl (C=O) groups excluding carboxylic acids is 1. The maximum atomic E-state index is 13.9. The van der Waals surface area contributed by atoms with Gasteiger partial charge < -0.3 is 9.64 Å². The SMILES string of the molecule is CN(C(=O)C1CCOCC1)[C@H]1CCCN(Cc2ccccc2F)C1. The van der Waals surface area contributed by atoms with Gasteiger partial charge in [-0.05, 0) is 38.3 Å². The fourth-order valence-electron chi connectivity index (χ4n) is 3.77. The van der Waals surface area contributed by atoms with Crippen LogP contribution in [-0.4, -0.2) is 55.1 Å². The van der Waals surface area contributed by atoms with Crippen LogP contribution >= 0.6 is 0 Å². The number of amides is 1. The van der Waals surface area contributed by atoms with E-state index in [1.165, 1.54) is 6.07 Å². The van der Waals surface area contributed by atoms with Crippen molar-refractivity contribution in [3.05, 3.63) is 35.6 Å². The van der Waals surface area contributed by atoms with Gasteiger partial charge in [-0.2, -0.15) is 0 Å². The van der Waals surface area contributed by atoms with Crippen LogP contribution in [0.3, 0.4) is 0 Å². The molecule has 1 aromatic rings. The number of hydrogen-bond donors (Lipinski definition) is 0. The van der Waals surface area contributed by atoms with E-state index in [0.29, 0.717) is 19.8 Å². The van der Waals surface area contributed by atoms with Gasteiger partial charge in [-0.3, -0.25) is 9.69 Å². The van der Waals surface area contributed by atoms with Gasteiger partial charge in [0.05, 0.1) is 0 Å². The molecule has 0 radical (unpaired) electrons. The van der Waals surface area contributed by atoms with Crippen LogP contribution in [0.15, 0.2) is 24.3 Å². The first-order chi connectivity index (χ1) is 11.6. The van der Waals surface area contributed by atoms with Crippen molar-refractivity contribution in [3.8, 4) is 0 Å². The molecule has 0 N–H and O–H groups in total. The summed E-state index contributed by atoms with van der Waals surface area (Å²) in [6.07, 6.45) is 3.73. The molecule has 0 bridgehead atoms. The zero-order chi connectivity index (χ0) is 16.9. The summed E-state index contributed by atoms with van der Waals surface area (Å²) in [5.41, 5.74) is 0.733. The van der Waals surface area contributed by atoms with Crippen LogP contribution in [0, 0.1) is 11.7 Å². The third kappa shape index (κ3) is 4.14. The molecular formula is C19H27FN2O2. The van der Waals surface area contributed by atoms with Gasteiger partial charge in [0.25, 0.3) is 0 Å². The quantitative estimate of drug-likeness (QED) is 0.849. The van der Waals surface area contributed by atoms with Crippen molar-refractivity contribution in [1.82, 2.24) is 9.80 Å². The Hall–Kier alpha value is -1.46. The summed E-state index contributed by atoms with van der Waals surface area (Å²) in [5.74, 6) is 0.202.